The summed E-state index contributed by atoms with van der Waals surface area (Å²) in [4.78, 5) is 22.8. The fraction of sp³-hybridized carbons (Fsp3) is 0.846. The smallest absolute Gasteiger partial charge is 0.305 e. The minimum Gasteiger partial charge on any atom is -0.481 e. The molecule has 1 aliphatic heterocycles. The topological polar surface area (TPSA) is 102 Å². The summed E-state index contributed by atoms with van der Waals surface area (Å²) < 4.78 is 5.73. The molecule has 4 N–H and O–H groups in total. The van der Waals surface area contributed by atoms with Crippen LogP contribution in [-0.2, 0) is 14.3 Å². The molecule has 0 bridgehead atoms. The van der Waals surface area contributed by atoms with Gasteiger partial charge in [0.1, 0.15) is 5.54 Å². The van der Waals surface area contributed by atoms with Gasteiger partial charge in [-0.3, -0.25) is 9.59 Å². The molecule has 0 radical (unpaired) electrons. The molecule has 0 aromatic rings. The quantitative estimate of drug-likeness (QED) is 0.673. The van der Waals surface area contributed by atoms with E-state index in [-0.39, 0.29) is 30.9 Å². The van der Waals surface area contributed by atoms with Crippen LogP contribution in [0.2, 0.25) is 0 Å². The van der Waals surface area contributed by atoms with E-state index in [1.807, 2.05) is 13.8 Å². The summed E-state index contributed by atoms with van der Waals surface area (Å²) in [5, 5.41) is 11.2. The van der Waals surface area contributed by atoms with Crippen molar-refractivity contribution < 1.29 is 19.4 Å². The predicted octanol–water partition coefficient (Wildman–Crippen LogP) is 0.110. The number of rotatable bonds is 4. The molecule has 3 unspecified atom stereocenters. The number of carbonyl (C=O) groups excluding carboxylic acids is 1. The Hall–Kier alpha value is -1.14. The fourth-order valence-corrected chi connectivity index (χ4v) is 3.47. The first-order valence-corrected chi connectivity index (χ1v) is 6.72. The minimum absolute atomic E-state index is 0.0245. The van der Waals surface area contributed by atoms with Crippen molar-refractivity contribution in [1.82, 2.24) is 5.32 Å². The molecule has 1 amide bonds. The van der Waals surface area contributed by atoms with Crippen molar-refractivity contribution in [2.75, 3.05) is 13.2 Å². The van der Waals surface area contributed by atoms with Crippen LogP contribution in [0.25, 0.3) is 0 Å². The zero-order valence-corrected chi connectivity index (χ0v) is 11.4. The third-order valence-corrected chi connectivity index (χ3v) is 4.68. The largest absolute Gasteiger partial charge is 0.481 e. The summed E-state index contributed by atoms with van der Waals surface area (Å²) in [6.45, 7) is 4.72. The SMILES string of the molecule is CC1(C)C2OCCCC2C1(N)C(=O)NCCC(=O)O. The molecule has 2 fully saturated rings. The van der Waals surface area contributed by atoms with Gasteiger partial charge in [-0.05, 0) is 12.8 Å². The Morgan fingerprint density at radius 1 is 1.47 bits per heavy atom. The second-order valence-electron chi connectivity index (χ2n) is 6.03. The Bertz CT molecular complexity index is 396. The van der Waals surface area contributed by atoms with E-state index >= 15 is 0 Å². The monoisotopic (exact) mass is 270 g/mol. The molecule has 3 atom stereocenters. The number of fused-ring (bicyclic) bond motifs is 1. The van der Waals surface area contributed by atoms with Crippen LogP contribution < -0.4 is 11.1 Å². The third-order valence-electron chi connectivity index (χ3n) is 4.68. The van der Waals surface area contributed by atoms with Gasteiger partial charge in [-0.25, -0.2) is 0 Å². The van der Waals surface area contributed by atoms with Crippen molar-refractivity contribution >= 4 is 11.9 Å². The van der Waals surface area contributed by atoms with E-state index in [9.17, 15) is 9.59 Å². The van der Waals surface area contributed by atoms with E-state index in [1.54, 1.807) is 0 Å². The zero-order chi connectivity index (χ0) is 14.3. The van der Waals surface area contributed by atoms with Crippen molar-refractivity contribution in [3.05, 3.63) is 0 Å². The van der Waals surface area contributed by atoms with Crippen molar-refractivity contribution in [2.24, 2.45) is 17.1 Å². The van der Waals surface area contributed by atoms with Gasteiger partial charge in [0, 0.05) is 24.5 Å². The highest BCUT2D eigenvalue weighted by atomic mass is 16.5. The van der Waals surface area contributed by atoms with Crippen molar-refractivity contribution in [1.29, 1.82) is 0 Å². The fourth-order valence-electron chi connectivity index (χ4n) is 3.47. The highest BCUT2D eigenvalue weighted by Gasteiger charge is 2.70. The summed E-state index contributed by atoms with van der Waals surface area (Å²) >= 11 is 0. The van der Waals surface area contributed by atoms with Crippen LogP contribution in [0.15, 0.2) is 0 Å². The van der Waals surface area contributed by atoms with E-state index < -0.39 is 16.9 Å². The number of carbonyl (C=O) groups is 2. The van der Waals surface area contributed by atoms with E-state index in [0.717, 1.165) is 19.4 Å². The van der Waals surface area contributed by atoms with Crippen molar-refractivity contribution in [3.63, 3.8) is 0 Å². The molecule has 19 heavy (non-hydrogen) atoms. The average Bonchev–Trinajstić information content (AvgIpc) is 2.37. The van der Waals surface area contributed by atoms with Crippen LogP contribution in [0.5, 0.6) is 0 Å². The number of carboxylic acid groups (broad SMARTS) is 1. The first-order chi connectivity index (χ1) is 8.81. The Morgan fingerprint density at radius 2 is 2.16 bits per heavy atom. The molecule has 0 aromatic heterocycles. The summed E-state index contributed by atoms with van der Waals surface area (Å²) in [5.74, 6) is -1.16. The number of carboxylic acids is 1. The standard InChI is InChI=1S/C13H22N2O4/c1-12(2)10-8(4-3-7-19-10)13(12,14)11(18)15-6-5-9(16)17/h8,10H,3-7,14H2,1-2H3,(H,15,18)(H,16,17). The van der Waals surface area contributed by atoms with Gasteiger partial charge in [-0.2, -0.15) is 0 Å². The third kappa shape index (κ3) is 2.03. The molecule has 6 heteroatoms. The summed E-state index contributed by atoms with van der Waals surface area (Å²) in [6, 6.07) is 0. The van der Waals surface area contributed by atoms with Crippen LogP contribution in [0.4, 0.5) is 0 Å². The lowest BCUT2D eigenvalue weighted by Gasteiger charge is -2.65. The number of amides is 1. The summed E-state index contributed by atoms with van der Waals surface area (Å²) in [7, 11) is 0. The van der Waals surface area contributed by atoms with Gasteiger partial charge in [0.15, 0.2) is 0 Å². The zero-order valence-electron chi connectivity index (χ0n) is 11.4. The van der Waals surface area contributed by atoms with Gasteiger partial charge >= 0.3 is 5.97 Å². The number of aliphatic carboxylic acids is 1. The van der Waals surface area contributed by atoms with Crippen LogP contribution in [0.3, 0.4) is 0 Å². The van der Waals surface area contributed by atoms with E-state index in [1.165, 1.54) is 0 Å². The first-order valence-electron chi connectivity index (χ1n) is 6.72. The van der Waals surface area contributed by atoms with Gasteiger partial charge in [0.2, 0.25) is 5.91 Å². The Labute approximate surface area is 112 Å². The predicted molar refractivity (Wildman–Crippen MR) is 68.4 cm³/mol. The lowest BCUT2D eigenvalue weighted by molar-refractivity contribution is -0.225. The van der Waals surface area contributed by atoms with Gasteiger partial charge < -0.3 is 20.9 Å². The van der Waals surface area contributed by atoms with E-state index in [4.69, 9.17) is 15.6 Å². The molecule has 1 heterocycles. The molecule has 2 aliphatic rings. The summed E-state index contributed by atoms with van der Waals surface area (Å²) in [6.07, 6.45) is 1.74. The second kappa shape index (κ2) is 4.76. The van der Waals surface area contributed by atoms with E-state index in [2.05, 4.69) is 5.32 Å². The maximum atomic E-state index is 12.3. The molecule has 1 saturated carbocycles. The molecule has 1 saturated heterocycles. The lowest BCUT2D eigenvalue weighted by atomic mass is 9.46. The summed E-state index contributed by atoms with van der Waals surface area (Å²) in [5.41, 5.74) is 4.97. The maximum Gasteiger partial charge on any atom is 0.305 e. The van der Waals surface area contributed by atoms with Gasteiger partial charge in [0.05, 0.1) is 12.5 Å². The average molecular weight is 270 g/mol. The Kier molecular flexibility index (Phi) is 3.57. The number of nitrogens with two attached hydrogens (primary N) is 1. The van der Waals surface area contributed by atoms with Crippen molar-refractivity contribution in [2.45, 2.75) is 44.8 Å². The van der Waals surface area contributed by atoms with Crippen molar-refractivity contribution in [3.8, 4) is 0 Å². The Balaban J connectivity index is 2.04. The second-order valence-corrected chi connectivity index (χ2v) is 6.03. The number of hydrogen-bond acceptors (Lipinski definition) is 4. The number of ether oxygens (including phenoxy) is 1. The highest BCUT2D eigenvalue weighted by molar-refractivity contribution is 5.89. The van der Waals surface area contributed by atoms with Crippen LogP contribution in [-0.4, -0.2) is 41.8 Å². The maximum absolute atomic E-state index is 12.3. The molecular weight excluding hydrogens is 248 g/mol. The molecule has 0 aromatic carbocycles. The van der Waals surface area contributed by atoms with Crippen LogP contribution in [0, 0.1) is 11.3 Å². The van der Waals surface area contributed by atoms with Gasteiger partial charge in [-0.15, -0.1) is 0 Å². The number of nitrogens with one attached hydrogen (secondary N) is 1. The van der Waals surface area contributed by atoms with Crippen LogP contribution in [0.1, 0.15) is 33.1 Å². The lowest BCUT2D eigenvalue weighted by Crippen LogP contribution is -2.82. The first kappa shape index (κ1) is 14.3. The molecule has 108 valence electrons. The number of hydrogen-bond donors (Lipinski definition) is 3. The molecule has 6 nitrogen and oxygen atoms in total. The highest BCUT2D eigenvalue weighted by Crippen LogP contribution is 2.57. The molecule has 0 spiro atoms. The normalized spacial score (nSPS) is 35.9. The van der Waals surface area contributed by atoms with Gasteiger partial charge in [-0.1, -0.05) is 13.8 Å². The van der Waals surface area contributed by atoms with Gasteiger partial charge in [0.25, 0.3) is 0 Å². The molecular formula is C13H22N2O4. The minimum atomic E-state index is -0.962. The molecule has 1 aliphatic carbocycles. The Morgan fingerprint density at radius 3 is 2.79 bits per heavy atom. The van der Waals surface area contributed by atoms with Crippen LogP contribution >= 0.6 is 0 Å². The molecule has 2 rings (SSSR count). The van der Waals surface area contributed by atoms with E-state index in [0.29, 0.717) is 0 Å².